The van der Waals surface area contributed by atoms with Gasteiger partial charge in [-0.05, 0) is 42.7 Å². The quantitative estimate of drug-likeness (QED) is 0.423. The molecule has 0 bridgehead atoms. The fourth-order valence-corrected chi connectivity index (χ4v) is 4.41. The Bertz CT molecular complexity index is 1080. The minimum atomic E-state index is -4.94. The minimum Gasteiger partial charge on any atom is -0.371 e. The number of hydrogen-bond donors (Lipinski definition) is 2. The highest BCUT2D eigenvalue weighted by Gasteiger charge is 2.43. The number of amides is 1. The standard InChI is InChI=1S/C25H24F6N2O2/c1-16(17-11-19(24(26,27)28)13-20(12-17)25(29,30)31)35-15-23(18-5-3-2-4-6-18)10-9-22(14-32-23)8-7-21(34)33-22/h2-6,9-13,16,32H,7-8,14-15H2,1H3,(H,33,34)/t16?,22?,23-/m1/s1. The molecule has 0 saturated carbocycles. The highest BCUT2D eigenvalue weighted by Crippen LogP contribution is 2.39. The van der Waals surface area contributed by atoms with Crippen molar-refractivity contribution in [1.82, 2.24) is 10.6 Å². The molecule has 1 saturated heterocycles. The Labute approximate surface area is 198 Å². The average molecular weight is 498 g/mol. The van der Waals surface area contributed by atoms with Crippen molar-refractivity contribution in [3.05, 3.63) is 82.9 Å². The summed E-state index contributed by atoms with van der Waals surface area (Å²) < 4.78 is 85.5. The van der Waals surface area contributed by atoms with Crippen LogP contribution in [0, 0.1) is 0 Å². The molecule has 1 spiro atoms. The van der Waals surface area contributed by atoms with Gasteiger partial charge in [-0.3, -0.25) is 10.1 Å². The second-order valence-corrected chi connectivity index (χ2v) is 9.02. The number of carbonyl (C=O) groups excluding carboxylic acids is 1. The van der Waals surface area contributed by atoms with Gasteiger partial charge in [-0.15, -0.1) is 0 Å². The van der Waals surface area contributed by atoms with Crippen molar-refractivity contribution in [2.24, 2.45) is 0 Å². The summed E-state index contributed by atoms with van der Waals surface area (Å²) in [7, 11) is 0. The maximum atomic E-state index is 13.3. The molecule has 4 rings (SSSR count). The molecule has 2 aromatic carbocycles. The first kappa shape index (κ1) is 25.2. The van der Waals surface area contributed by atoms with Gasteiger partial charge >= 0.3 is 12.4 Å². The summed E-state index contributed by atoms with van der Waals surface area (Å²) in [5.74, 6) is -0.0569. The molecular formula is C25H24F6N2O2. The van der Waals surface area contributed by atoms with Crippen molar-refractivity contribution in [3.8, 4) is 0 Å². The van der Waals surface area contributed by atoms with Gasteiger partial charge in [0, 0.05) is 13.0 Å². The lowest BCUT2D eigenvalue weighted by Gasteiger charge is -2.42. The summed E-state index contributed by atoms with van der Waals surface area (Å²) in [6.45, 7) is 1.75. The average Bonchev–Trinajstić information content (AvgIpc) is 3.18. The number of hydrogen-bond acceptors (Lipinski definition) is 3. The Morgan fingerprint density at radius 2 is 1.60 bits per heavy atom. The van der Waals surface area contributed by atoms with Crippen LogP contribution >= 0.6 is 0 Å². The van der Waals surface area contributed by atoms with Crippen LogP contribution in [0.2, 0.25) is 0 Å². The zero-order chi connectivity index (χ0) is 25.5. The Hall–Kier alpha value is -2.85. The Balaban J connectivity index is 1.62. The zero-order valence-electron chi connectivity index (χ0n) is 18.8. The van der Waals surface area contributed by atoms with E-state index < -0.39 is 40.7 Å². The van der Waals surface area contributed by atoms with Crippen LogP contribution in [0.5, 0.6) is 0 Å². The first-order valence-electron chi connectivity index (χ1n) is 11.0. The van der Waals surface area contributed by atoms with Crippen LogP contribution in [0.1, 0.15) is 48.1 Å². The molecule has 1 amide bonds. The fraction of sp³-hybridized carbons (Fsp3) is 0.400. The SMILES string of the molecule is CC(OC[C@@]1(c2ccccc2)C=CC2(CCC(=O)N2)CN1)c1cc(C(F)(F)F)cc(C(F)(F)F)c1. The third kappa shape index (κ3) is 5.38. The van der Waals surface area contributed by atoms with E-state index in [9.17, 15) is 31.1 Å². The Kier molecular flexibility index (Phi) is 6.48. The summed E-state index contributed by atoms with van der Waals surface area (Å²) in [6.07, 6.45) is -6.18. The van der Waals surface area contributed by atoms with Gasteiger partial charge < -0.3 is 10.1 Å². The predicted octanol–water partition coefficient (Wildman–Crippen LogP) is 5.51. The summed E-state index contributed by atoms with van der Waals surface area (Å²) in [5, 5.41) is 6.34. The second-order valence-electron chi connectivity index (χ2n) is 9.02. The highest BCUT2D eigenvalue weighted by atomic mass is 19.4. The van der Waals surface area contributed by atoms with Crippen LogP contribution in [0.4, 0.5) is 26.3 Å². The number of rotatable bonds is 5. The lowest BCUT2D eigenvalue weighted by Crippen LogP contribution is -2.58. The van der Waals surface area contributed by atoms with Gasteiger partial charge in [0.1, 0.15) is 0 Å². The molecule has 2 N–H and O–H groups in total. The number of alkyl halides is 6. The first-order valence-corrected chi connectivity index (χ1v) is 11.0. The molecule has 4 nitrogen and oxygen atoms in total. The summed E-state index contributed by atoms with van der Waals surface area (Å²) in [4.78, 5) is 11.8. The molecule has 2 heterocycles. The van der Waals surface area contributed by atoms with Crippen molar-refractivity contribution in [1.29, 1.82) is 0 Å². The van der Waals surface area contributed by atoms with E-state index in [4.69, 9.17) is 4.74 Å². The van der Waals surface area contributed by atoms with Crippen molar-refractivity contribution in [2.45, 2.75) is 49.3 Å². The third-order valence-electron chi connectivity index (χ3n) is 6.52. The van der Waals surface area contributed by atoms with Crippen molar-refractivity contribution < 1.29 is 35.9 Å². The first-order chi connectivity index (χ1) is 16.3. The summed E-state index contributed by atoms with van der Waals surface area (Å²) in [5.41, 5.74) is -3.61. The highest BCUT2D eigenvalue weighted by molar-refractivity contribution is 5.80. The molecule has 188 valence electrons. The maximum Gasteiger partial charge on any atom is 0.416 e. The molecule has 1 fully saturated rings. The van der Waals surface area contributed by atoms with Crippen molar-refractivity contribution in [3.63, 3.8) is 0 Å². The van der Waals surface area contributed by atoms with Gasteiger partial charge in [0.2, 0.25) is 5.91 Å². The molecule has 35 heavy (non-hydrogen) atoms. The number of halogens is 6. The molecule has 2 aromatic rings. The van der Waals surface area contributed by atoms with Crippen molar-refractivity contribution in [2.75, 3.05) is 13.2 Å². The monoisotopic (exact) mass is 498 g/mol. The molecule has 10 heteroatoms. The van der Waals surface area contributed by atoms with E-state index in [0.717, 1.165) is 5.56 Å². The largest absolute Gasteiger partial charge is 0.416 e. The van der Waals surface area contributed by atoms with E-state index in [0.29, 0.717) is 31.5 Å². The van der Waals surface area contributed by atoms with E-state index in [1.165, 1.54) is 6.92 Å². The van der Waals surface area contributed by atoms with Crippen LogP contribution in [0.15, 0.2) is 60.7 Å². The topological polar surface area (TPSA) is 50.4 Å². The van der Waals surface area contributed by atoms with Crippen LogP contribution < -0.4 is 10.6 Å². The summed E-state index contributed by atoms with van der Waals surface area (Å²) >= 11 is 0. The molecule has 0 aliphatic carbocycles. The van der Waals surface area contributed by atoms with E-state index in [1.54, 1.807) is 0 Å². The molecule has 0 radical (unpaired) electrons. The second kappa shape index (κ2) is 8.98. The predicted molar refractivity (Wildman–Crippen MR) is 116 cm³/mol. The molecular weight excluding hydrogens is 474 g/mol. The van der Waals surface area contributed by atoms with Crippen LogP contribution in [0.3, 0.4) is 0 Å². The molecule has 2 unspecified atom stereocenters. The molecule has 0 aromatic heterocycles. The zero-order valence-corrected chi connectivity index (χ0v) is 18.8. The smallest absolute Gasteiger partial charge is 0.371 e. The van der Waals surface area contributed by atoms with E-state index >= 15 is 0 Å². The van der Waals surface area contributed by atoms with Crippen molar-refractivity contribution >= 4 is 5.91 Å². The Morgan fingerprint density at radius 1 is 0.971 bits per heavy atom. The normalized spacial score (nSPS) is 25.6. The van der Waals surface area contributed by atoms with Gasteiger partial charge in [0.05, 0.1) is 34.9 Å². The van der Waals surface area contributed by atoms with E-state index in [2.05, 4.69) is 10.6 Å². The van der Waals surface area contributed by atoms with Gasteiger partial charge in [0.25, 0.3) is 0 Å². The number of nitrogens with one attached hydrogen (secondary N) is 2. The van der Waals surface area contributed by atoms with E-state index in [1.807, 2.05) is 42.5 Å². The Morgan fingerprint density at radius 3 is 2.09 bits per heavy atom. The van der Waals surface area contributed by atoms with Gasteiger partial charge in [0.15, 0.2) is 0 Å². The van der Waals surface area contributed by atoms with Gasteiger partial charge in [-0.25, -0.2) is 0 Å². The molecule has 2 aliphatic rings. The van der Waals surface area contributed by atoms with Crippen LogP contribution in [-0.4, -0.2) is 24.6 Å². The fourth-order valence-electron chi connectivity index (χ4n) is 4.41. The number of carbonyl (C=O) groups is 1. The van der Waals surface area contributed by atoms with Gasteiger partial charge in [-0.2, -0.15) is 26.3 Å². The molecule has 2 aliphatic heterocycles. The van der Waals surface area contributed by atoms with E-state index in [-0.39, 0.29) is 24.1 Å². The third-order valence-corrected chi connectivity index (χ3v) is 6.52. The van der Waals surface area contributed by atoms with Crippen LogP contribution in [0.25, 0.3) is 0 Å². The van der Waals surface area contributed by atoms with Crippen LogP contribution in [-0.2, 0) is 27.4 Å². The minimum absolute atomic E-state index is 0.0569. The van der Waals surface area contributed by atoms with Gasteiger partial charge in [-0.1, -0.05) is 42.5 Å². The number of ether oxygens (including phenoxy) is 1. The summed E-state index contributed by atoms with van der Waals surface area (Å²) in [6, 6.07) is 10.6. The lowest BCUT2D eigenvalue weighted by atomic mass is 9.82. The number of benzene rings is 2. The maximum absolute atomic E-state index is 13.3. The molecule has 3 atom stereocenters. The lowest BCUT2D eigenvalue weighted by molar-refractivity contribution is -0.143.